The van der Waals surface area contributed by atoms with Crippen molar-refractivity contribution in [3.8, 4) is 5.75 Å². The van der Waals surface area contributed by atoms with Crippen LogP contribution in [0.3, 0.4) is 0 Å². The quantitative estimate of drug-likeness (QED) is 0.512. The molecule has 2 aromatic rings. The molecule has 0 spiro atoms. The van der Waals surface area contributed by atoms with Gasteiger partial charge in [0.15, 0.2) is 11.5 Å². The highest BCUT2D eigenvalue weighted by Crippen LogP contribution is 2.46. The number of nitrogens with zero attached hydrogens (tertiary/aromatic N) is 4. The molecule has 0 atom stereocenters. The van der Waals surface area contributed by atoms with E-state index in [9.17, 15) is 28.7 Å². The lowest BCUT2D eigenvalue weighted by atomic mass is 9.76. The van der Waals surface area contributed by atoms with E-state index in [1.54, 1.807) is 12.1 Å². The minimum atomic E-state index is -1.05. The van der Waals surface area contributed by atoms with Crippen molar-refractivity contribution in [3.05, 3.63) is 57.5 Å². The Morgan fingerprint density at radius 1 is 1.11 bits per heavy atom. The smallest absolute Gasteiger partial charge is 0.312 e. The molecule has 1 fully saturated rings. The van der Waals surface area contributed by atoms with Crippen molar-refractivity contribution in [2.45, 2.75) is 50.6 Å². The van der Waals surface area contributed by atoms with Gasteiger partial charge in [-0.15, -0.1) is 0 Å². The van der Waals surface area contributed by atoms with E-state index in [0.29, 0.717) is 32.2 Å². The summed E-state index contributed by atoms with van der Waals surface area (Å²) in [5.74, 6) is -2.66. The Morgan fingerprint density at radius 2 is 1.74 bits per heavy atom. The van der Waals surface area contributed by atoms with Gasteiger partial charge < -0.3 is 14.9 Å². The number of carbonyl (C=O) groups is 3. The molecule has 0 radical (unpaired) electrons. The minimum absolute atomic E-state index is 0.0431. The molecule has 3 heterocycles. The van der Waals surface area contributed by atoms with Gasteiger partial charge in [-0.3, -0.25) is 23.7 Å². The molecule has 1 N–H and O–H groups in total. The molecule has 2 amide bonds. The number of aryl methyl sites for hydroxylation is 1. The summed E-state index contributed by atoms with van der Waals surface area (Å²) in [4.78, 5) is 58.8. The summed E-state index contributed by atoms with van der Waals surface area (Å²) in [5.41, 5.74) is -1.38. The number of hydrogen-bond acceptors (Lipinski definition) is 6. The number of amides is 2. The van der Waals surface area contributed by atoms with E-state index in [2.05, 4.69) is 4.98 Å². The van der Waals surface area contributed by atoms with Gasteiger partial charge in [0.25, 0.3) is 5.56 Å². The predicted octanol–water partition coefficient (Wildman–Crippen LogP) is 1.85. The first-order valence-electron chi connectivity index (χ1n) is 11.7. The number of aromatic nitrogens is 2. The molecule has 9 nitrogen and oxygen atoms in total. The fourth-order valence-electron chi connectivity index (χ4n) is 5.12. The van der Waals surface area contributed by atoms with E-state index in [1.807, 2.05) is 0 Å². The van der Waals surface area contributed by atoms with E-state index >= 15 is 0 Å². The molecule has 35 heavy (non-hydrogen) atoms. The van der Waals surface area contributed by atoms with Gasteiger partial charge in [-0.25, -0.2) is 9.37 Å². The van der Waals surface area contributed by atoms with Crippen molar-refractivity contribution in [1.29, 1.82) is 0 Å². The number of ketones is 1. The van der Waals surface area contributed by atoms with Crippen molar-refractivity contribution in [1.82, 2.24) is 19.4 Å². The van der Waals surface area contributed by atoms with Gasteiger partial charge in [0.05, 0.1) is 0 Å². The second kappa shape index (κ2) is 9.24. The SMILES string of the molecule is CN(C)C(=O)C(=O)N(C)C12CCC(CC1)Cn1c2nc(C(=O)CCc2ccc(F)cc2)c(O)c1=O. The van der Waals surface area contributed by atoms with Crippen molar-refractivity contribution in [2.24, 2.45) is 5.92 Å². The maximum Gasteiger partial charge on any atom is 0.312 e. The number of fused-ring (bicyclic) bond motifs is 2. The van der Waals surface area contributed by atoms with E-state index in [4.69, 9.17) is 0 Å². The number of aromatic hydroxyl groups is 1. The van der Waals surface area contributed by atoms with Gasteiger partial charge >= 0.3 is 11.8 Å². The first-order chi connectivity index (χ1) is 16.5. The third-order valence-electron chi connectivity index (χ3n) is 7.29. The zero-order valence-corrected chi connectivity index (χ0v) is 20.1. The fourth-order valence-corrected chi connectivity index (χ4v) is 5.12. The summed E-state index contributed by atoms with van der Waals surface area (Å²) in [6.45, 7) is 0.324. The van der Waals surface area contributed by atoms with Crippen LogP contribution in [0.2, 0.25) is 0 Å². The lowest BCUT2D eigenvalue weighted by Crippen LogP contribution is -2.54. The second-order valence-electron chi connectivity index (χ2n) is 9.64. The molecular weight excluding hydrogens is 455 g/mol. The van der Waals surface area contributed by atoms with Crippen LogP contribution in [-0.2, 0) is 28.1 Å². The molecule has 1 aromatic carbocycles. The molecule has 1 aliphatic carbocycles. The number of carbonyl (C=O) groups excluding carboxylic acids is 3. The summed E-state index contributed by atoms with van der Waals surface area (Å²) < 4.78 is 14.5. The molecule has 0 saturated heterocycles. The summed E-state index contributed by atoms with van der Waals surface area (Å²) in [6, 6.07) is 5.73. The van der Waals surface area contributed by atoms with E-state index in [-0.39, 0.29) is 36.1 Å². The highest BCUT2D eigenvalue weighted by molar-refractivity contribution is 6.34. The topological polar surface area (TPSA) is 113 Å². The largest absolute Gasteiger partial charge is 0.501 e. The Morgan fingerprint density at radius 3 is 2.34 bits per heavy atom. The first kappa shape index (κ1) is 24.6. The standard InChI is InChI=1S/C25H29FN4O5/c1-28(2)22(34)23(35)29(3)25-12-10-16(11-13-25)14-30-21(33)20(32)19(27-24(25)30)18(31)9-6-15-4-7-17(26)8-5-15/h4-5,7-8,16,32H,6,9-14H2,1-3H3. The van der Waals surface area contributed by atoms with Crippen LogP contribution in [0.4, 0.5) is 4.39 Å². The number of likely N-dealkylation sites (N-methyl/N-ethyl adjacent to an activating group) is 2. The van der Waals surface area contributed by atoms with Gasteiger partial charge in [0, 0.05) is 34.1 Å². The first-order valence-corrected chi connectivity index (χ1v) is 11.7. The van der Waals surface area contributed by atoms with Crippen LogP contribution in [-0.4, -0.2) is 63.2 Å². The van der Waals surface area contributed by atoms with Crippen LogP contribution in [0.25, 0.3) is 0 Å². The van der Waals surface area contributed by atoms with E-state index in [1.165, 1.54) is 47.6 Å². The number of hydrogen-bond donors (Lipinski definition) is 1. The fraction of sp³-hybridized carbons (Fsp3) is 0.480. The Balaban J connectivity index is 1.74. The highest BCUT2D eigenvalue weighted by Gasteiger charge is 2.50. The van der Waals surface area contributed by atoms with Gasteiger partial charge in [0.1, 0.15) is 17.2 Å². The number of halogens is 1. The zero-order chi connectivity index (χ0) is 25.5. The molecule has 186 valence electrons. The van der Waals surface area contributed by atoms with Crippen molar-refractivity contribution >= 4 is 17.6 Å². The summed E-state index contributed by atoms with van der Waals surface area (Å²) in [5, 5.41) is 10.6. The average molecular weight is 485 g/mol. The Labute approximate surface area is 202 Å². The zero-order valence-electron chi connectivity index (χ0n) is 20.1. The Kier molecular flexibility index (Phi) is 6.48. The number of benzene rings is 1. The predicted molar refractivity (Wildman–Crippen MR) is 124 cm³/mol. The molecule has 10 heteroatoms. The van der Waals surface area contributed by atoms with Crippen molar-refractivity contribution in [3.63, 3.8) is 0 Å². The third-order valence-corrected chi connectivity index (χ3v) is 7.29. The molecule has 3 aliphatic rings. The summed E-state index contributed by atoms with van der Waals surface area (Å²) in [7, 11) is 4.50. The monoisotopic (exact) mass is 484 g/mol. The van der Waals surface area contributed by atoms with Gasteiger partial charge in [-0.05, 0) is 55.7 Å². The van der Waals surface area contributed by atoms with Crippen LogP contribution >= 0.6 is 0 Å². The normalized spacial score (nSPS) is 20.6. The maximum atomic E-state index is 13.2. The summed E-state index contributed by atoms with van der Waals surface area (Å²) >= 11 is 0. The minimum Gasteiger partial charge on any atom is -0.501 e. The van der Waals surface area contributed by atoms with Crippen LogP contribution in [0.5, 0.6) is 5.75 Å². The lowest BCUT2D eigenvalue weighted by Gasteiger charge is -2.43. The molecule has 0 unspecified atom stereocenters. The van der Waals surface area contributed by atoms with Crippen LogP contribution in [0.15, 0.2) is 29.1 Å². The van der Waals surface area contributed by atoms with Crippen LogP contribution in [0.1, 0.15) is 54.0 Å². The highest BCUT2D eigenvalue weighted by atomic mass is 19.1. The maximum absolute atomic E-state index is 13.2. The average Bonchev–Trinajstić information content (AvgIpc) is 3.11. The van der Waals surface area contributed by atoms with Crippen molar-refractivity contribution < 1.29 is 23.9 Å². The lowest BCUT2D eigenvalue weighted by molar-refractivity contribution is -0.154. The van der Waals surface area contributed by atoms with Gasteiger partial charge in [0.2, 0.25) is 5.75 Å². The van der Waals surface area contributed by atoms with E-state index < -0.39 is 34.4 Å². The molecule has 1 saturated carbocycles. The molecule has 5 rings (SSSR count). The molecule has 1 aromatic heterocycles. The molecular formula is C25H29FN4O5. The van der Waals surface area contributed by atoms with Crippen molar-refractivity contribution in [2.75, 3.05) is 21.1 Å². The van der Waals surface area contributed by atoms with Crippen LogP contribution < -0.4 is 5.56 Å². The summed E-state index contributed by atoms with van der Waals surface area (Å²) in [6.07, 6.45) is 2.64. The van der Waals surface area contributed by atoms with Gasteiger partial charge in [-0.2, -0.15) is 0 Å². The molecule has 2 bridgehead atoms. The Bertz CT molecular complexity index is 1230. The second-order valence-corrected chi connectivity index (χ2v) is 9.64. The Hall–Kier alpha value is -3.56. The van der Waals surface area contributed by atoms with Crippen LogP contribution in [0, 0.1) is 11.7 Å². The molecule has 2 aliphatic heterocycles. The number of rotatable bonds is 5. The van der Waals surface area contributed by atoms with E-state index in [0.717, 1.165) is 5.56 Å². The number of Topliss-reactive ketones (excluding diaryl/α,β-unsaturated/α-hetero) is 1. The van der Waals surface area contributed by atoms with Gasteiger partial charge in [-0.1, -0.05) is 12.1 Å². The third kappa shape index (κ3) is 4.33.